The summed E-state index contributed by atoms with van der Waals surface area (Å²) >= 11 is 0. The molecule has 1 heterocycles. The highest BCUT2D eigenvalue weighted by Gasteiger charge is 2.57. The summed E-state index contributed by atoms with van der Waals surface area (Å²) in [6.07, 6.45) is 0.467. The molecule has 0 aromatic heterocycles. The minimum Gasteiger partial charge on any atom is -0.393 e. The maximum absolute atomic E-state index is 9.97. The van der Waals surface area contributed by atoms with Gasteiger partial charge in [-0.1, -0.05) is 26.6 Å². The van der Waals surface area contributed by atoms with Gasteiger partial charge in [0.2, 0.25) is 0 Å². The summed E-state index contributed by atoms with van der Waals surface area (Å²) in [6, 6.07) is 0. The molecule has 0 aliphatic carbocycles. The molecule has 0 bridgehead atoms. The number of ether oxygens (including phenoxy) is 3. The Balaban J connectivity index is 3.27. The second-order valence-electron chi connectivity index (χ2n) is 8.39. The zero-order valence-electron chi connectivity index (χ0n) is 16.3. The van der Waals surface area contributed by atoms with E-state index in [1.54, 1.807) is 13.8 Å². The Morgan fingerprint density at radius 1 is 1.21 bits per heavy atom. The summed E-state index contributed by atoms with van der Waals surface area (Å²) in [6.45, 7) is 13.1. The molecule has 0 saturated carbocycles. The van der Waals surface area contributed by atoms with E-state index < -0.39 is 17.5 Å². The monoisotopic (exact) mass is 342 g/mol. The van der Waals surface area contributed by atoms with Gasteiger partial charge in [0.1, 0.15) is 11.7 Å². The fourth-order valence-electron chi connectivity index (χ4n) is 3.58. The molecule has 0 aromatic carbocycles. The van der Waals surface area contributed by atoms with Crippen LogP contribution >= 0.6 is 0 Å². The standard InChI is InChI=1S/C18H35BO5/c1-8-12(2)14(13(9-19)22-16(3,4)5)15-18(10-20,11-21)24-17(6,7)23-15/h12-15,20-21H,8-11H2,1-7H3/t12?,13-,14?,15-/m0/s1. The van der Waals surface area contributed by atoms with E-state index in [1.807, 2.05) is 20.8 Å². The second-order valence-corrected chi connectivity index (χ2v) is 8.39. The predicted molar refractivity (Wildman–Crippen MR) is 95.1 cm³/mol. The number of aliphatic hydroxyl groups excluding tert-OH is 2. The third-order valence-corrected chi connectivity index (χ3v) is 4.73. The molecule has 2 unspecified atom stereocenters. The lowest BCUT2D eigenvalue weighted by molar-refractivity contribution is -0.179. The molecule has 5 nitrogen and oxygen atoms in total. The first-order valence-electron chi connectivity index (χ1n) is 8.93. The summed E-state index contributed by atoms with van der Waals surface area (Å²) in [5.74, 6) is -0.774. The average molecular weight is 342 g/mol. The van der Waals surface area contributed by atoms with Gasteiger partial charge in [0, 0.05) is 5.92 Å². The molecule has 1 aliphatic heterocycles. The summed E-state index contributed by atoms with van der Waals surface area (Å²) in [4.78, 5) is 0. The van der Waals surface area contributed by atoms with Gasteiger partial charge in [-0.15, -0.1) is 0 Å². The molecule has 0 amide bonds. The van der Waals surface area contributed by atoms with Gasteiger partial charge in [0.05, 0.1) is 32.8 Å². The van der Waals surface area contributed by atoms with Crippen molar-refractivity contribution in [2.24, 2.45) is 11.8 Å². The van der Waals surface area contributed by atoms with Gasteiger partial charge in [-0.05, 0) is 40.5 Å². The van der Waals surface area contributed by atoms with E-state index in [0.717, 1.165) is 6.42 Å². The van der Waals surface area contributed by atoms with Crippen molar-refractivity contribution < 1.29 is 24.4 Å². The quantitative estimate of drug-likeness (QED) is 0.663. The first kappa shape index (κ1) is 21.9. The Bertz CT molecular complexity index is 389. The van der Waals surface area contributed by atoms with Crippen molar-refractivity contribution in [1.82, 2.24) is 0 Å². The van der Waals surface area contributed by atoms with Gasteiger partial charge >= 0.3 is 0 Å². The zero-order chi connectivity index (χ0) is 18.8. The minimum absolute atomic E-state index is 0.111. The maximum Gasteiger partial charge on any atom is 0.164 e. The molecule has 2 radical (unpaired) electrons. The smallest absolute Gasteiger partial charge is 0.164 e. The number of rotatable bonds is 8. The van der Waals surface area contributed by atoms with Crippen molar-refractivity contribution >= 4 is 7.85 Å². The van der Waals surface area contributed by atoms with Crippen LogP contribution < -0.4 is 0 Å². The molecular weight excluding hydrogens is 307 g/mol. The molecule has 1 saturated heterocycles. The van der Waals surface area contributed by atoms with Crippen molar-refractivity contribution in [2.45, 2.75) is 90.4 Å². The molecule has 2 N–H and O–H groups in total. The molecule has 24 heavy (non-hydrogen) atoms. The van der Waals surface area contributed by atoms with Crippen LogP contribution in [0.1, 0.15) is 54.9 Å². The SMILES string of the molecule is [B]C[C@H](OC(C)(C)C)C(C(C)CC)[C@@H]1OC(C)(C)OC1(CO)CO. The largest absolute Gasteiger partial charge is 0.393 e. The molecule has 0 spiro atoms. The van der Waals surface area contributed by atoms with E-state index >= 15 is 0 Å². The Hall–Kier alpha value is -0.135. The molecule has 1 fully saturated rings. The Kier molecular flexibility index (Phi) is 7.34. The Morgan fingerprint density at radius 3 is 2.12 bits per heavy atom. The van der Waals surface area contributed by atoms with Gasteiger partial charge in [-0.3, -0.25) is 0 Å². The summed E-state index contributed by atoms with van der Waals surface area (Å²) in [5, 5.41) is 19.9. The lowest BCUT2D eigenvalue weighted by Crippen LogP contribution is -2.55. The van der Waals surface area contributed by atoms with E-state index in [2.05, 4.69) is 13.8 Å². The van der Waals surface area contributed by atoms with Crippen molar-refractivity contribution in [2.75, 3.05) is 13.2 Å². The molecule has 1 aliphatic rings. The number of hydrogen-bond donors (Lipinski definition) is 2. The summed E-state index contributed by atoms with van der Waals surface area (Å²) < 4.78 is 18.3. The Labute approximate surface area is 148 Å². The van der Waals surface area contributed by atoms with E-state index in [1.165, 1.54) is 0 Å². The van der Waals surface area contributed by atoms with Gasteiger partial charge in [-0.25, -0.2) is 0 Å². The molecule has 4 atom stereocenters. The maximum atomic E-state index is 9.97. The predicted octanol–water partition coefficient (Wildman–Crippen LogP) is 2.29. The van der Waals surface area contributed by atoms with Gasteiger partial charge in [-0.2, -0.15) is 0 Å². The first-order valence-corrected chi connectivity index (χ1v) is 8.93. The van der Waals surface area contributed by atoms with Crippen LogP contribution in [0.3, 0.4) is 0 Å². The van der Waals surface area contributed by atoms with Crippen molar-refractivity contribution in [3.8, 4) is 0 Å². The molecule has 140 valence electrons. The van der Waals surface area contributed by atoms with Crippen LogP contribution in [0.2, 0.25) is 6.32 Å². The molecule has 0 aromatic rings. The summed E-state index contributed by atoms with van der Waals surface area (Å²) in [5.41, 5.74) is -1.52. The van der Waals surface area contributed by atoms with Crippen LogP contribution in [-0.4, -0.2) is 60.5 Å². The van der Waals surface area contributed by atoms with Crippen molar-refractivity contribution in [1.29, 1.82) is 0 Å². The van der Waals surface area contributed by atoms with Crippen molar-refractivity contribution in [3.63, 3.8) is 0 Å². The number of aliphatic hydroxyl groups is 2. The van der Waals surface area contributed by atoms with Crippen LogP contribution in [0.25, 0.3) is 0 Å². The van der Waals surface area contributed by atoms with Crippen LogP contribution in [0.5, 0.6) is 0 Å². The molecular formula is C18H35BO5. The van der Waals surface area contributed by atoms with Crippen LogP contribution in [0.15, 0.2) is 0 Å². The fraction of sp³-hybridized carbons (Fsp3) is 1.00. The van der Waals surface area contributed by atoms with Gasteiger partial charge < -0.3 is 24.4 Å². The zero-order valence-corrected chi connectivity index (χ0v) is 16.3. The first-order chi connectivity index (χ1) is 10.9. The fourth-order valence-corrected chi connectivity index (χ4v) is 3.58. The highest BCUT2D eigenvalue weighted by atomic mass is 16.8. The lowest BCUT2D eigenvalue weighted by Gasteiger charge is -2.42. The second kappa shape index (κ2) is 8.04. The minimum atomic E-state index is -1.16. The lowest BCUT2D eigenvalue weighted by atomic mass is 9.73. The third kappa shape index (κ3) is 4.95. The van der Waals surface area contributed by atoms with Crippen LogP contribution in [-0.2, 0) is 14.2 Å². The highest BCUT2D eigenvalue weighted by Crippen LogP contribution is 2.44. The third-order valence-electron chi connectivity index (χ3n) is 4.73. The van der Waals surface area contributed by atoms with Crippen LogP contribution in [0.4, 0.5) is 0 Å². The van der Waals surface area contributed by atoms with Gasteiger partial charge in [0.25, 0.3) is 0 Å². The van der Waals surface area contributed by atoms with Crippen LogP contribution in [0, 0.1) is 11.8 Å². The van der Waals surface area contributed by atoms with E-state index in [-0.39, 0.29) is 36.8 Å². The Morgan fingerprint density at radius 2 is 1.75 bits per heavy atom. The molecule has 6 heteroatoms. The van der Waals surface area contributed by atoms with E-state index in [4.69, 9.17) is 22.1 Å². The number of hydrogen-bond acceptors (Lipinski definition) is 5. The van der Waals surface area contributed by atoms with E-state index in [0.29, 0.717) is 6.32 Å². The molecule has 1 rings (SSSR count). The van der Waals surface area contributed by atoms with Crippen molar-refractivity contribution in [3.05, 3.63) is 0 Å². The summed E-state index contributed by atoms with van der Waals surface area (Å²) in [7, 11) is 6.03. The average Bonchev–Trinajstić information content (AvgIpc) is 2.76. The highest BCUT2D eigenvalue weighted by molar-refractivity contribution is 6.08. The van der Waals surface area contributed by atoms with E-state index in [9.17, 15) is 10.2 Å². The van der Waals surface area contributed by atoms with Gasteiger partial charge in [0.15, 0.2) is 5.79 Å². The normalized spacial score (nSPS) is 27.0. The topological polar surface area (TPSA) is 68.2 Å².